The van der Waals surface area contributed by atoms with Crippen LogP contribution >= 0.6 is 0 Å². The summed E-state index contributed by atoms with van der Waals surface area (Å²) in [5.74, 6) is -1.00. The number of unbranched alkanes of at least 4 members (excludes halogenated alkanes) is 4. The van der Waals surface area contributed by atoms with Crippen molar-refractivity contribution in [3.8, 4) is 11.5 Å². The topological polar surface area (TPSA) is 197 Å². The molecule has 15 nitrogen and oxygen atoms in total. The molecule has 2 heterocycles. The Morgan fingerprint density at radius 2 is 1.18 bits per heavy atom. The molecule has 0 spiro atoms. The van der Waals surface area contributed by atoms with E-state index in [1.807, 2.05) is 6.92 Å². The normalized spacial score (nSPS) is 18.0. The zero-order chi connectivity index (χ0) is 44.3. The molecule has 0 bridgehead atoms. The Labute approximate surface area is 356 Å². The minimum Gasteiger partial charge on any atom is -0.490 e. The molecule has 2 aromatic rings. The molecule has 2 saturated carbocycles. The fourth-order valence-electron chi connectivity index (χ4n) is 6.94. The monoisotopic (exact) mass is 896 g/mol. The lowest BCUT2D eigenvalue weighted by molar-refractivity contribution is -0.146. The number of carbonyl (C=O) groups excluding carboxylic acids is 4. The quantitative estimate of drug-likeness (QED) is 0.0733. The number of rotatable bonds is 24. The summed E-state index contributed by atoms with van der Waals surface area (Å²) < 4.78 is 88.9. The third kappa shape index (κ3) is 15.2. The molecule has 61 heavy (non-hydrogen) atoms. The Bertz CT molecular complexity index is 2080. The first kappa shape index (κ1) is 47.7. The Morgan fingerprint density at radius 3 is 1.59 bits per heavy atom. The van der Waals surface area contributed by atoms with Crippen LogP contribution in [-0.2, 0) is 29.3 Å². The van der Waals surface area contributed by atoms with E-state index in [0.29, 0.717) is 70.1 Å². The van der Waals surface area contributed by atoms with Crippen LogP contribution in [0.15, 0.2) is 36.4 Å². The van der Waals surface area contributed by atoms with Crippen molar-refractivity contribution in [3.05, 3.63) is 59.2 Å². The van der Waals surface area contributed by atoms with Crippen molar-refractivity contribution < 1.29 is 59.5 Å². The minimum atomic E-state index is -3.31. The number of nitrogens with zero attached hydrogens (tertiary/aromatic N) is 3. The summed E-state index contributed by atoms with van der Waals surface area (Å²) >= 11 is 0. The molecule has 6 amide bonds. The maximum atomic E-state index is 14.0. The summed E-state index contributed by atoms with van der Waals surface area (Å²) in [7, 11) is -6.60. The van der Waals surface area contributed by atoms with Crippen LogP contribution in [0.4, 0.5) is 18.4 Å². The van der Waals surface area contributed by atoms with Gasteiger partial charge in [0, 0.05) is 13.1 Å². The van der Waals surface area contributed by atoms with E-state index in [1.165, 1.54) is 17.0 Å². The average molecular weight is 897 g/mol. The SMILES string of the molecule is C[C@@H](CS(=O)(=O)CCCCCN1C(=O)CNC1=O)c1ccc(F)c(OCC2CC2)c1.C[C@@H](CS(=O)(=O)CCCCCN1CC(=O)N(O)C1=O)c1ccc(F)c(OCC2CC2)c1. The van der Waals surface area contributed by atoms with Gasteiger partial charge in [0.25, 0.3) is 5.91 Å². The van der Waals surface area contributed by atoms with Crippen molar-refractivity contribution in [2.75, 3.05) is 62.4 Å². The zero-order valence-corrected chi connectivity index (χ0v) is 36.5. The molecule has 4 aliphatic rings. The summed E-state index contributed by atoms with van der Waals surface area (Å²) in [6, 6.07) is 7.92. The number of nitrogens with one attached hydrogen (secondary N) is 1. The summed E-state index contributed by atoms with van der Waals surface area (Å²) in [5.41, 5.74) is 1.46. The fraction of sp³-hybridized carbons (Fsp3) is 0.619. The van der Waals surface area contributed by atoms with Crippen LogP contribution in [0.2, 0.25) is 0 Å². The summed E-state index contributed by atoms with van der Waals surface area (Å²) in [5, 5.41) is 11.8. The van der Waals surface area contributed by atoms with E-state index in [9.17, 15) is 50.0 Å². The van der Waals surface area contributed by atoms with E-state index >= 15 is 0 Å². The highest BCUT2D eigenvalue weighted by atomic mass is 32.2. The molecule has 0 radical (unpaired) electrons. The number of ether oxygens (including phenoxy) is 2. The van der Waals surface area contributed by atoms with Gasteiger partial charge < -0.3 is 19.7 Å². The molecule has 2 atom stereocenters. The van der Waals surface area contributed by atoms with Crippen molar-refractivity contribution in [2.24, 2.45) is 11.8 Å². The maximum absolute atomic E-state index is 14.0. The van der Waals surface area contributed by atoms with Gasteiger partial charge in [-0.2, -0.15) is 0 Å². The number of hydroxylamine groups is 2. The number of hydrogen-bond acceptors (Lipinski definition) is 11. The highest BCUT2D eigenvalue weighted by molar-refractivity contribution is 7.91. The first-order chi connectivity index (χ1) is 28.9. The largest absolute Gasteiger partial charge is 0.490 e. The van der Waals surface area contributed by atoms with Gasteiger partial charge in [-0.1, -0.05) is 38.8 Å². The molecule has 2 aliphatic heterocycles. The lowest BCUT2D eigenvalue weighted by Gasteiger charge is -2.15. The Kier molecular flexibility index (Phi) is 16.9. The van der Waals surface area contributed by atoms with Crippen LogP contribution < -0.4 is 14.8 Å². The second-order valence-corrected chi connectivity index (χ2v) is 21.1. The number of carbonyl (C=O) groups is 4. The van der Waals surface area contributed by atoms with Gasteiger partial charge in [0.2, 0.25) is 5.91 Å². The molecule has 4 fully saturated rings. The summed E-state index contributed by atoms with van der Waals surface area (Å²) in [6.45, 7) is 5.06. The Morgan fingerprint density at radius 1 is 0.705 bits per heavy atom. The van der Waals surface area contributed by atoms with Gasteiger partial charge in [0.1, 0.15) is 6.54 Å². The van der Waals surface area contributed by atoms with E-state index in [2.05, 4.69) is 5.32 Å². The number of halogens is 2. The Balaban J connectivity index is 0.000000231. The van der Waals surface area contributed by atoms with Crippen molar-refractivity contribution in [1.82, 2.24) is 20.2 Å². The van der Waals surface area contributed by atoms with Gasteiger partial charge in [-0.25, -0.2) is 35.2 Å². The predicted octanol–water partition coefficient (Wildman–Crippen LogP) is 5.81. The maximum Gasteiger partial charge on any atom is 0.351 e. The van der Waals surface area contributed by atoms with Crippen molar-refractivity contribution >= 4 is 43.6 Å². The minimum absolute atomic E-state index is 0.0164. The smallest absolute Gasteiger partial charge is 0.351 e. The summed E-state index contributed by atoms with van der Waals surface area (Å²) in [6.07, 6.45) is 7.62. The third-order valence-electron chi connectivity index (χ3n) is 11.1. The van der Waals surface area contributed by atoms with Crippen LogP contribution in [0.5, 0.6) is 11.5 Å². The average Bonchev–Trinajstić information content (AvgIpc) is 4.15. The standard InChI is InChI=1S/C21H29FN2O6S.C21H29FN2O5S/c1-15(17-7-8-18(22)19(11-17)30-13-16-5-6-16)14-31(28,29)10-4-2-3-9-23-12-20(25)24(27)21(23)26;1-15(17-7-8-18(22)19(11-17)29-13-16-5-6-16)14-30(27,28)10-4-2-3-9-24-20(25)12-23-21(24)26/h7-8,11,15-16,27H,2-6,9-10,12-14H2,1H3;7-8,11,15-16H,2-6,9-10,12-14H2,1H3,(H,23,26)/t2*15-/m00/s1. The van der Waals surface area contributed by atoms with E-state index < -0.39 is 43.2 Å². The predicted molar refractivity (Wildman–Crippen MR) is 222 cm³/mol. The molecule has 2 saturated heterocycles. The molecule has 2 aliphatic carbocycles. The van der Waals surface area contributed by atoms with Gasteiger partial charge >= 0.3 is 12.1 Å². The second kappa shape index (κ2) is 21.6. The van der Waals surface area contributed by atoms with Crippen LogP contribution in [0.1, 0.15) is 101 Å². The highest BCUT2D eigenvalue weighted by Crippen LogP contribution is 2.33. The number of amides is 6. The molecular formula is C42H58F2N4O11S2. The van der Waals surface area contributed by atoms with Gasteiger partial charge in [-0.15, -0.1) is 5.06 Å². The van der Waals surface area contributed by atoms with Gasteiger partial charge in [0.05, 0.1) is 42.8 Å². The van der Waals surface area contributed by atoms with E-state index in [4.69, 9.17) is 9.47 Å². The first-order valence-electron chi connectivity index (χ1n) is 21.1. The Hall–Kier alpha value is -4.36. The van der Waals surface area contributed by atoms with Gasteiger partial charge in [-0.3, -0.25) is 19.7 Å². The number of benzene rings is 2. The van der Waals surface area contributed by atoms with E-state index in [-0.39, 0.29) is 83.0 Å². The molecule has 2 N–H and O–H groups in total. The van der Waals surface area contributed by atoms with Crippen LogP contribution in [-0.4, -0.2) is 123 Å². The van der Waals surface area contributed by atoms with E-state index in [0.717, 1.165) is 41.7 Å². The third-order valence-corrected chi connectivity index (χ3v) is 14.9. The molecule has 0 aromatic heterocycles. The molecule has 338 valence electrons. The molecule has 0 unspecified atom stereocenters. The van der Waals surface area contributed by atoms with E-state index in [1.54, 1.807) is 31.2 Å². The van der Waals surface area contributed by atoms with Gasteiger partial charge in [-0.05, 0) is 110 Å². The lowest BCUT2D eigenvalue weighted by atomic mass is 10.0. The highest BCUT2D eigenvalue weighted by Gasteiger charge is 2.35. The van der Waals surface area contributed by atoms with Gasteiger partial charge in [0.15, 0.2) is 42.8 Å². The van der Waals surface area contributed by atoms with Crippen LogP contribution in [0, 0.1) is 23.5 Å². The van der Waals surface area contributed by atoms with Crippen LogP contribution in [0.25, 0.3) is 0 Å². The van der Waals surface area contributed by atoms with Crippen molar-refractivity contribution in [2.45, 2.75) is 89.9 Å². The number of hydrogen-bond donors (Lipinski definition) is 2. The zero-order valence-electron chi connectivity index (χ0n) is 34.9. The molecule has 6 rings (SSSR count). The number of urea groups is 2. The molecular weight excluding hydrogens is 839 g/mol. The second-order valence-electron chi connectivity index (χ2n) is 16.7. The van der Waals surface area contributed by atoms with Crippen molar-refractivity contribution in [1.29, 1.82) is 0 Å². The number of sulfone groups is 2. The lowest BCUT2D eigenvalue weighted by Crippen LogP contribution is -2.31. The van der Waals surface area contributed by atoms with Crippen molar-refractivity contribution in [3.63, 3.8) is 0 Å². The molecule has 2 aromatic carbocycles. The summed E-state index contributed by atoms with van der Waals surface area (Å²) in [4.78, 5) is 48.2. The van der Waals surface area contributed by atoms with Crippen LogP contribution in [0.3, 0.4) is 0 Å². The number of imide groups is 2. The fourth-order valence-corrected chi connectivity index (χ4v) is 10.5. The first-order valence-corrected chi connectivity index (χ1v) is 24.7. The molecule has 19 heteroatoms.